The molecule has 0 aromatic carbocycles. The molecule has 8 heteroatoms. The molecule has 7 nitrogen and oxygen atoms in total. The van der Waals surface area contributed by atoms with Crippen molar-refractivity contribution in [2.45, 2.75) is 40.2 Å². The third-order valence-corrected chi connectivity index (χ3v) is 6.72. The average molecular weight is 374 g/mol. The number of hydrogen-bond donors (Lipinski definition) is 0. The summed E-state index contributed by atoms with van der Waals surface area (Å²) in [7, 11) is -3.00. The fraction of sp³-hybridized carbons (Fsp3) is 0.882. The first kappa shape index (κ1) is 20.2. The molecule has 0 N–H and O–H groups in total. The van der Waals surface area contributed by atoms with Gasteiger partial charge in [-0.05, 0) is 13.3 Å². The summed E-state index contributed by atoms with van der Waals surface area (Å²) >= 11 is 0. The van der Waals surface area contributed by atoms with E-state index in [1.807, 2.05) is 32.6 Å². The Morgan fingerprint density at radius 2 is 1.72 bits per heavy atom. The zero-order chi connectivity index (χ0) is 18.8. The summed E-state index contributed by atoms with van der Waals surface area (Å²) in [6.45, 7) is 11.1. The van der Waals surface area contributed by atoms with Crippen LogP contribution in [-0.2, 0) is 19.4 Å². The number of hydrogen-bond acceptors (Lipinski definition) is 5. The zero-order valence-corrected chi connectivity index (χ0v) is 16.6. The Labute approximate surface area is 151 Å². The number of amides is 2. The van der Waals surface area contributed by atoms with Crippen LogP contribution in [0.4, 0.5) is 0 Å². The maximum atomic E-state index is 12.6. The van der Waals surface area contributed by atoms with Crippen molar-refractivity contribution in [1.29, 1.82) is 0 Å². The predicted octanol–water partition coefficient (Wildman–Crippen LogP) is 0.212. The van der Waals surface area contributed by atoms with Gasteiger partial charge in [-0.15, -0.1) is 0 Å². The molecule has 0 bridgehead atoms. The third-order valence-electron chi connectivity index (χ3n) is 4.97. The van der Waals surface area contributed by atoms with Crippen molar-refractivity contribution in [3.63, 3.8) is 0 Å². The first-order valence-corrected chi connectivity index (χ1v) is 10.9. The van der Waals surface area contributed by atoms with Gasteiger partial charge in [-0.25, -0.2) is 8.42 Å². The summed E-state index contributed by atoms with van der Waals surface area (Å²) in [5, 5.41) is 0. The molecule has 0 aromatic heterocycles. The van der Waals surface area contributed by atoms with Gasteiger partial charge in [0.15, 0.2) is 9.84 Å². The highest BCUT2D eigenvalue weighted by Crippen LogP contribution is 2.20. The first-order valence-electron chi connectivity index (χ1n) is 9.05. The molecular formula is C17H31N3O4S. The van der Waals surface area contributed by atoms with Crippen molar-refractivity contribution in [3.8, 4) is 0 Å². The number of carbonyl (C=O) groups excluding carboxylic acids is 2. The lowest BCUT2D eigenvalue weighted by molar-refractivity contribution is -0.142. The molecule has 0 aromatic rings. The molecule has 2 rings (SSSR count). The number of nitrogens with zero attached hydrogens (tertiary/aromatic N) is 3. The van der Waals surface area contributed by atoms with Crippen molar-refractivity contribution in [2.24, 2.45) is 5.41 Å². The first-order chi connectivity index (χ1) is 11.5. The van der Waals surface area contributed by atoms with E-state index in [4.69, 9.17) is 0 Å². The van der Waals surface area contributed by atoms with Crippen LogP contribution in [0.15, 0.2) is 0 Å². The van der Waals surface area contributed by atoms with Crippen molar-refractivity contribution in [2.75, 3.05) is 50.8 Å². The summed E-state index contributed by atoms with van der Waals surface area (Å²) in [6, 6.07) is -0.189. The van der Waals surface area contributed by atoms with Crippen LogP contribution in [0.5, 0.6) is 0 Å². The van der Waals surface area contributed by atoms with E-state index in [9.17, 15) is 18.0 Å². The van der Waals surface area contributed by atoms with Crippen molar-refractivity contribution >= 4 is 21.7 Å². The van der Waals surface area contributed by atoms with Crippen LogP contribution in [0.25, 0.3) is 0 Å². The van der Waals surface area contributed by atoms with Gasteiger partial charge in [-0.1, -0.05) is 20.8 Å². The fourth-order valence-corrected chi connectivity index (χ4v) is 5.26. The van der Waals surface area contributed by atoms with Crippen LogP contribution in [0.1, 0.15) is 34.1 Å². The third kappa shape index (κ3) is 5.17. The minimum Gasteiger partial charge on any atom is -0.340 e. The lowest BCUT2D eigenvalue weighted by atomic mass is 9.94. The van der Waals surface area contributed by atoms with Gasteiger partial charge < -0.3 is 9.80 Å². The van der Waals surface area contributed by atoms with Crippen LogP contribution in [-0.4, -0.2) is 91.7 Å². The van der Waals surface area contributed by atoms with Crippen LogP contribution in [0, 0.1) is 5.41 Å². The Bertz CT molecular complexity index is 604. The molecule has 2 amide bonds. The molecule has 0 aliphatic carbocycles. The van der Waals surface area contributed by atoms with E-state index < -0.39 is 9.84 Å². The smallest absolute Gasteiger partial charge is 0.237 e. The Kier molecular flexibility index (Phi) is 6.14. The van der Waals surface area contributed by atoms with Gasteiger partial charge in [0.2, 0.25) is 11.8 Å². The van der Waals surface area contributed by atoms with E-state index in [0.29, 0.717) is 45.7 Å². The van der Waals surface area contributed by atoms with Gasteiger partial charge in [0.1, 0.15) is 0 Å². The fourth-order valence-electron chi connectivity index (χ4n) is 3.52. The summed E-state index contributed by atoms with van der Waals surface area (Å²) in [5.74, 6) is 0.389. The monoisotopic (exact) mass is 373 g/mol. The number of sulfone groups is 1. The van der Waals surface area contributed by atoms with E-state index in [1.165, 1.54) is 0 Å². The number of piperazine rings is 1. The summed E-state index contributed by atoms with van der Waals surface area (Å²) < 4.78 is 23.3. The minimum atomic E-state index is -3.00. The van der Waals surface area contributed by atoms with E-state index in [0.717, 1.165) is 0 Å². The molecule has 0 spiro atoms. The van der Waals surface area contributed by atoms with E-state index in [-0.39, 0.29) is 34.8 Å². The molecule has 144 valence electrons. The van der Waals surface area contributed by atoms with E-state index in [1.54, 1.807) is 4.90 Å². The highest BCUT2D eigenvalue weighted by atomic mass is 32.2. The van der Waals surface area contributed by atoms with Gasteiger partial charge in [0.25, 0.3) is 0 Å². The molecule has 2 fully saturated rings. The summed E-state index contributed by atoms with van der Waals surface area (Å²) in [6.07, 6.45) is 0.537. The largest absolute Gasteiger partial charge is 0.340 e. The molecule has 2 aliphatic rings. The van der Waals surface area contributed by atoms with Gasteiger partial charge in [-0.3, -0.25) is 14.5 Å². The van der Waals surface area contributed by atoms with Crippen LogP contribution in [0.2, 0.25) is 0 Å². The maximum Gasteiger partial charge on any atom is 0.237 e. The van der Waals surface area contributed by atoms with Crippen molar-refractivity contribution < 1.29 is 18.0 Å². The van der Waals surface area contributed by atoms with Gasteiger partial charge in [0, 0.05) is 44.2 Å². The second kappa shape index (κ2) is 7.61. The lowest BCUT2D eigenvalue weighted by Gasteiger charge is -2.38. The number of likely N-dealkylation sites (N-methyl/N-ethyl adjacent to an activating group) is 1. The SMILES string of the molecule is CCN(C(=O)CN1CCN(C(=O)C(C)(C)C)CC1)C1CCS(=O)(=O)C1. The molecule has 2 heterocycles. The molecular weight excluding hydrogens is 342 g/mol. The van der Waals surface area contributed by atoms with Gasteiger partial charge in [-0.2, -0.15) is 0 Å². The van der Waals surface area contributed by atoms with Crippen molar-refractivity contribution in [3.05, 3.63) is 0 Å². The summed E-state index contributed by atoms with van der Waals surface area (Å²) in [4.78, 5) is 30.6. The highest BCUT2D eigenvalue weighted by molar-refractivity contribution is 7.91. The zero-order valence-electron chi connectivity index (χ0n) is 15.8. The maximum absolute atomic E-state index is 12.6. The molecule has 1 unspecified atom stereocenters. The quantitative estimate of drug-likeness (QED) is 0.704. The Morgan fingerprint density at radius 3 is 2.16 bits per heavy atom. The molecule has 0 saturated carbocycles. The minimum absolute atomic E-state index is 0.0137. The molecule has 0 radical (unpaired) electrons. The lowest BCUT2D eigenvalue weighted by Crippen LogP contribution is -2.54. The molecule has 2 aliphatic heterocycles. The Balaban J connectivity index is 1.86. The predicted molar refractivity (Wildman–Crippen MR) is 96.9 cm³/mol. The molecule has 25 heavy (non-hydrogen) atoms. The molecule has 1 atom stereocenters. The second-order valence-electron chi connectivity index (χ2n) is 8.05. The van der Waals surface area contributed by atoms with Gasteiger partial charge >= 0.3 is 0 Å². The summed E-state index contributed by atoms with van der Waals surface area (Å²) in [5.41, 5.74) is -0.384. The van der Waals surface area contributed by atoms with Gasteiger partial charge in [0.05, 0.1) is 18.1 Å². The topological polar surface area (TPSA) is 78.0 Å². The molecule has 2 saturated heterocycles. The highest BCUT2D eigenvalue weighted by Gasteiger charge is 2.35. The second-order valence-corrected chi connectivity index (χ2v) is 10.3. The van der Waals surface area contributed by atoms with E-state index in [2.05, 4.69) is 4.90 Å². The normalized spacial score (nSPS) is 24.3. The Hall–Kier alpha value is -1.15. The van der Waals surface area contributed by atoms with Crippen LogP contribution < -0.4 is 0 Å². The number of rotatable bonds is 4. The number of carbonyl (C=O) groups is 2. The van der Waals surface area contributed by atoms with Crippen molar-refractivity contribution in [1.82, 2.24) is 14.7 Å². The standard InChI is InChI=1S/C17H31N3O4S/c1-5-20(14-6-11-25(23,24)13-14)15(21)12-18-7-9-19(10-8-18)16(22)17(2,3)4/h14H,5-13H2,1-4H3. The van der Waals surface area contributed by atoms with Crippen LogP contribution in [0.3, 0.4) is 0 Å². The van der Waals surface area contributed by atoms with Crippen LogP contribution >= 0.6 is 0 Å². The average Bonchev–Trinajstić information content (AvgIpc) is 2.87. The Morgan fingerprint density at radius 1 is 1.12 bits per heavy atom. The van der Waals surface area contributed by atoms with E-state index >= 15 is 0 Å².